The highest BCUT2D eigenvalue weighted by molar-refractivity contribution is 5.98. The van der Waals surface area contributed by atoms with Crippen LogP contribution in [0.25, 0.3) is 5.57 Å². The minimum atomic E-state index is -2.10. The smallest absolute Gasteiger partial charge is 0.435 e. The van der Waals surface area contributed by atoms with Crippen LogP contribution in [0.4, 0.5) is 10.5 Å². The number of amides is 2. The van der Waals surface area contributed by atoms with Gasteiger partial charge in [-0.15, -0.1) is 0 Å². The monoisotopic (exact) mass is 761 g/mol. The molecule has 8 nitrogen and oxygen atoms in total. The molecule has 2 saturated heterocycles. The van der Waals surface area contributed by atoms with Crippen molar-refractivity contribution in [3.05, 3.63) is 252 Å². The van der Waals surface area contributed by atoms with Crippen molar-refractivity contribution in [1.29, 1.82) is 0 Å². The average molecular weight is 762 g/mol. The van der Waals surface area contributed by atoms with E-state index < -0.39 is 23.6 Å². The molecule has 0 aliphatic carbocycles. The fourth-order valence-corrected chi connectivity index (χ4v) is 7.69. The Hall–Kier alpha value is -7.26. The van der Waals surface area contributed by atoms with Gasteiger partial charge >= 0.3 is 12.1 Å². The van der Waals surface area contributed by atoms with E-state index >= 15 is 9.59 Å². The maximum atomic E-state index is 16.2. The molecule has 7 aromatic rings. The zero-order valence-electron chi connectivity index (χ0n) is 31.5. The lowest BCUT2D eigenvalue weighted by molar-refractivity contribution is -0.304. The molecule has 0 saturated carbocycles. The molecule has 284 valence electrons. The molecule has 0 aromatic heterocycles. The number of fused-ring (bicyclic) bond motifs is 1. The number of nitrogens with zero attached hydrogens (tertiary/aromatic N) is 3. The fourth-order valence-electron chi connectivity index (χ4n) is 7.69. The minimum absolute atomic E-state index is 0.0137. The van der Waals surface area contributed by atoms with Gasteiger partial charge in [-0.05, 0) is 45.5 Å². The Kier molecular flexibility index (Phi) is 9.85. The Balaban J connectivity index is 1.38. The van der Waals surface area contributed by atoms with E-state index in [4.69, 9.17) is 14.2 Å². The summed E-state index contributed by atoms with van der Waals surface area (Å²) in [5.41, 5.74) is 3.77. The van der Waals surface area contributed by atoms with Crippen molar-refractivity contribution in [1.82, 2.24) is 10.0 Å². The van der Waals surface area contributed by atoms with Crippen LogP contribution >= 0.6 is 0 Å². The Labute approximate surface area is 337 Å². The number of hydrogen-bond acceptors (Lipinski definition) is 6. The van der Waals surface area contributed by atoms with E-state index in [1.54, 1.807) is 0 Å². The minimum Gasteiger partial charge on any atom is -0.443 e. The van der Waals surface area contributed by atoms with E-state index in [0.717, 1.165) is 22.3 Å². The Morgan fingerprint density at radius 3 is 1.41 bits per heavy atom. The normalized spacial score (nSPS) is 16.9. The van der Waals surface area contributed by atoms with Crippen molar-refractivity contribution in [3.8, 4) is 0 Å². The van der Waals surface area contributed by atoms with E-state index in [9.17, 15) is 0 Å². The molecule has 1 unspecified atom stereocenters. The van der Waals surface area contributed by atoms with Gasteiger partial charge in [0.2, 0.25) is 5.60 Å². The number of hydrogen-bond donors (Lipinski definition) is 0. The maximum Gasteiger partial charge on any atom is 0.435 e. The van der Waals surface area contributed by atoms with Gasteiger partial charge in [0.15, 0.2) is 5.82 Å². The number of ether oxygens (including phenoxy) is 3. The Morgan fingerprint density at radius 1 is 0.517 bits per heavy atom. The number of rotatable bonds is 10. The quantitative estimate of drug-likeness (QED) is 0.138. The summed E-state index contributed by atoms with van der Waals surface area (Å²) in [6, 6.07) is 64.9. The van der Waals surface area contributed by atoms with Gasteiger partial charge in [0.25, 0.3) is 5.91 Å². The lowest BCUT2D eigenvalue weighted by atomic mass is 9.85. The number of carbonyl (C=O) groups excluding carboxylic acids is 2. The zero-order chi connectivity index (χ0) is 39.4. The van der Waals surface area contributed by atoms with Crippen LogP contribution in [-0.4, -0.2) is 28.1 Å². The average Bonchev–Trinajstić information content (AvgIpc) is 3.73. The van der Waals surface area contributed by atoms with Gasteiger partial charge in [-0.25, -0.2) is 4.79 Å². The molecule has 58 heavy (non-hydrogen) atoms. The first-order valence-electron chi connectivity index (χ1n) is 19.1. The summed E-state index contributed by atoms with van der Waals surface area (Å²) in [5.74, 6) is -0.246. The summed E-state index contributed by atoms with van der Waals surface area (Å²) in [5, 5.41) is 2.63. The molecule has 1 atom stereocenters. The SMILES string of the molecule is O=C(OCc1ccccc1)N1C(=C(c2ccccc2)c2ccccc2)N(c2ccccc2)C2(OCc3ccccc3)OC(c3ccccc3)(c3ccccc3)C(=O)N12. The second-order valence-corrected chi connectivity index (χ2v) is 13.9. The second-order valence-electron chi connectivity index (χ2n) is 13.9. The third-order valence-electron chi connectivity index (χ3n) is 10.3. The predicted molar refractivity (Wildman–Crippen MR) is 222 cm³/mol. The highest BCUT2D eigenvalue weighted by Gasteiger charge is 2.74. The number of carbonyl (C=O) groups is 2. The van der Waals surface area contributed by atoms with Crippen LogP contribution in [0.15, 0.2) is 218 Å². The first-order chi connectivity index (χ1) is 28.6. The zero-order valence-corrected chi connectivity index (χ0v) is 31.5. The molecule has 2 heterocycles. The summed E-state index contributed by atoms with van der Waals surface area (Å²) < 4.78 is 20.9. The topological polar surface area (TPSA) is 71.5 Å². The Bertz CT molecular complexity index is 2440. The molecule has 0 N–H and O–H groups in total. The highest BCUT2D eigenvalue weighted by atomic mass is 16.8. The van der Waals surface area contributed by atoms with E-state index in [-0.39, 0.29) is 13.2 Å². The number of para-hydroxylation sites is 1. The lowest BCUT2D eigenvalue weighted by Crippen LogP contribution is -2.56. The summed E-state index contributed by atoms with van der Waals surface area (Å²) in [4.78, 5) is 33.3. The van der Waals surface area contributed by atoms with E-state index in [2.05, 4.69) is 0 Å². The molecular weight excluding hydrogens is 723 g/mol. The third kappa shape index (κ3) is 6.40. The van der Waals surface area contributed by atoms with Gasteiger partial charge in [-0.1, -0.05) is 200 Å². The van der Waals surface area contributed by atoms with Gasteiger partial charge in [0, 0.05) is 11.3 Å². The third-order valence-corrected chi connectivity index (χ3v) is 10.3. The molecule has 8 heteroatoms. The van der Waals surface area contributed by atoms with E-state index in [1.807, 2.05) is 217 Å². The Morgan fingerprint density at radius 2 is 0.931 bits per heavy atom. The van der Waals surface area contributed by atoms with Crippen molar-refractivity contribution in [2.24, 2.45) is 0 Å². The molecule has 2 fully saturated rings. The molecule has 2 aliphatic rings. The summed E-state index contributed by atoms with van der Waals surface area (Å²) in [6.45, 7) is -0.0378. The molecule has 2 amide bonds. The van der Waals surface area contributed by atoms with Crippen LogP contribution < -0.4 is 4.90 Å². The summed E-state index contributed by atoms with van der Waals surface area (Å²) in [6.07, 6.45) is -0.803. The van der Waals surface area contributed by atoms with Crippen molar-refractivity contribution < 1.29 is 23.8 Å². The molecule has 0 bridgehead atoms. The predicted octanol–water partition coefficient (Wildman–Crippen LogP) is 10.1. The molecule has 7 aromatic carbocycles. The number of hydrazine groups is 1. The van der Waals surface area contributed by atoms with Crippen LogP contribution in [0.1, 0.15) is 33.4 Å². The van der Waals surface area contributed by atoms with Crippen molar-refractivity contribution in [2.75, 3.05) is 4.90 Å². The number of anilines is 1. The molecule has 0 spiro atoms. The second kappa shape index (κ2) is 15.7. The van der Waals surface area contributed by atoms with Crippen LogP contribution in [0.2, 0.25) is 0 Å². The largest absolute Gasteiger partial charge is 0.443 e. The van der Waals surface area contributed by atoms with Gasteiger partial charge in [0.1, 0.15) is 6.61 Å². The van der Waals surface area contributed by atoms with Gasteiger partial charge in [0.05, 0.1) is 6.61 Å². The highest BCUT2D eigenvalue weighted by Crippen LogP contribution is 2.57. The standard InChI is InChI=1S/C50H39N3O5/c54-47-49(42-30-16-5-17-31-42,43-32-18-6-19-33-43)58-50(57-37-39-24-10-2-11-25-39)51(44-34-20-7-21-35-44)46(45(40-26-12-3-13-27-40)41-28-14-4-15-29-41)52(53(47)50)48(55)56-36-38-22-8-1-9-23-38/h1-35H,36-37H2. The van der Waals surface area contributed by atoms with Gasteiger partial charge in [-0.2, -0.15) is 10.0 Å². The molecule has 9 rings (SSSR count). The van der Waals surface area contributed by atoms with Crippen LogP contribution in [0, 0.1) is 0 Å². The van der Waals surface area contributed by atoms with Crippen LogP contribution in [0.3, 0.4) is 0 Å². The van der Waals surface area contributed by atoms with Gasteiger partial charge in [-0.3, -0.25) is 14.4 Å². The van der Waals surface area contributed by atoms with Crippen LogP contribution in [-0.2, 0) is 37.8 Å². The first kappa shape index (κ1) is 36.4. The summed E-state index contributed by atoms with van der Waals surface area (Å²) >= 11 is 0. The molecule has 2 aliphatic heterocycles. The maximum absolute atomic E-state index is 16.2. The van der Waals surface area contributed by atoms with Gasteiger partial charge < -0.3 is 9.47 Å². The van der Waals surface area contributed by atoms with Crippen LogP contribution in [0.5, 0.6) is 0 Å². The fraction of sp³-hybridized carbons (Fsp3) is 0.0800. The van der Waals surface area contributed by atoms with E-state index in [0.29, 0.717) is 28.2 Å². The summed E-state index contributed by atoms with van der Waals surface area (Å²) in [7, 11) is 0. The van der Waals surface area contributed by atoms with Crippen molar-refractivity contribution >= 4 is 23.3 Å². The molecular formula is C50H39N3O5. The first-order valence-corrected chi connectivity index (χ1v) is 19.1. The molecule has 0 radical (unpaired) electrons. The number of benzene rings is 7. The van der Waals surface area contributed by atoms with E-state index in [1.165, 1.54) is 10.0 Å². The van der Waals surface area contributed by atoms with Crippen molar-refractivity contribution in [2.45, 2.75) is 24.8 Å². The van der Waals surface area contributed by atoms with Crippen molar-refractivity contribution in [3.63, 3.8) is 0 Å². The lowest BCUT2D eigenvalue weighted by Gasteiger charge is -2.38.